The van der Waals surface area contributed by atoms with E-state index in [4.69, 9.17) is 38.9 Å². The number of halogens is 4. The van der Waals surface area contributed by atoms with Gasteiger partial charge in [0.15, 0.2) is 23.0 Å². The van der Waals surface area contributed by atoms with Crippen molar-refractivity contribution in [1.29, 1.82) is 5.26 Å². The smallest absolute Gasteiger partial charge is 0.273 e. The Kier molecular flexibility index (Phi) is 5.87. The Hall–Kier alpha value is -3.35. The molecule has 11 heteroatoms. The maximum atomic E-state index is 14.9. The fourth-order valence-electron chi connectivity index (χ4n) is 2.35. The molecular formula is C18H11Cl2F2N5O2. The first-order valence-corrected chi connectivity index (χ1v) is 8.68. The molecule has 0 aliphatic carbocycles. The van der Waals surface area contributed by atoms with Crippen LogP contribution in [0.15, 0.2) is 30.6 Å². The van der Waals surface area contributed by atoms with E-state index in [9.17, 15) is 13.6 Å². The fraction of sp³-hybridized carbons (Fsp3) is 0.0556. The lowest BCUT2D eigenvalue weighted by atomic mass is 10.1. The van der Waals surface area contributed by atoms with E-state index in [1.807, 2.05) is 0 Å². The highest BCUT2D eigenvalue weighted by molar-refractivity contribution is 6.32. The number of anilines is 1. The van der Waals surface area contributed by atoms with E-state index < -0.39 is 23.3 Å². The fourth-order valence-corrected chi connectivity index (χ4v) is 2.72. The summed E-state index contributed by atoms with van der Waals surface area (Å²) in [4.78, 5) is 18.4. The first-order chi connectivity index (χ1) is 13.8. The highest BCUT2D eigenvalue weighted by atomic mass is 35.5. The number of carbonyl (C=O) groups excluding carboxylic acids is 1. The third-order valence-corrected chi connectivity index (χ3v) is 4.39. The molecule has 0 saturated heterocycles. The van der Waals surface area contributed by atoms with Crippen molar-refractivity contribution in [3.05, 3.63) is 69.2 Å². The Bertz CT molecular complexity index is 1140. The predicted molar refractivity (Wildman–Crippen MR) is 102 cm³/mol. The number of amides is 1. The van der Waals surface area contributed by atoms with Crippen molar-refractivity contribution in [3.8, 4) is 17.6 Å². The Balaban J connectivity index is 1.85. The zero-order chi connectivity index (χ0) is 21.1. The van der Waals surface area contributed by atoms with Gasteiger partial charge in [-0.05, 0) is 6.07 Å². The SMILES string of the molecule is N#Cc1cc(Oc2c(Cl)ccc(CNC(=O)c3nc[nH]c3Cl)c2F)c(N)cc1F. The Morgan fingerprint density at radius 3 is 2.76 bits per heavy atom. The average Bonchev–Trinajstić information content (AvgIpc) is 3.11. The molecule has 0 atom stereocenters. The number of nitrogen functional groups attached to an aromatic ring is 1. The second-order valence-corrected chi connectivity index (χ2v) is 6.47. The minimum Gasteiger partial charge on any atom is -0.450 e. The zero-order valence-electron chi connectivity index (χ0n) is 14.4. The number of ether oxygens (including phenoxy) is 1. The molecule has 0 bridgehead atoms. The van der Waals surface area contributed by atoms with E-state index in [2.05, 4.69) is 15.3 Å². The molecule has 148 valence electrons. The molecule has 3 rings (SSSR count). The van der Waals surface area contributed by atoms with Crippen molar-refractivity contribution in [1.82, 2.24) is 15.3 Å². The highest BCUT2D eigenvalue weighted by Gasteiger charge is 2.19. The number of nitrogens with one attached hydrogen (secondary N) is 2. The summed E-state index contributed by atoms with van der Waals surface area (Å²) < 4.78 is 33.9. The van der Waals surface area contributed by atoms with Gasteiger partial charge in [-0.25, -0.2) is 13.8 Å². The molecule has 1 aromatic heterocycles. The van der Waals surface area contributed by atoms with Gasteiger partial charge in [0.25, 0.3) is 5.91 Å². The summed E-state index contributed by atoms with van der Waals surface area (Å²) in [6.07, 6.45) is 1.24. The summed E-state index contributed by atoms with van der Waals surface area (Å²) in [5.74, 6) is -2.85. The van der Waals surface area contributed by atoms with Crippen LogP contribution in [0.1, 0.15) is 21.6 Å². The molecule has 4 N–H and O–H groups in total. The van der Waals surface area contributed by atoms with E-state index in [0.717, 1.165) is 12.1 Å². The Morgan fingerprint density at radius 1 is 1.34 bits per heavy atom. The number of nitrogens with two attached hydrogens (primary N) is 1. The number of aromatic nitrogens is 2. The third kappa shape index (κ3) is 4.23. The summed E-state index contributed by atoms with van der Waals surface area (Å²) in [5, 5.41) is 11.4. The van der Waals surface area contributed by atoms with Gasteiger partial charge in [0.05, 0.1) is 22.6 Å². The minimum atomic E-state index is -0.867. The topological polar surface area (TPSA) is 117 Å². The van der Waals surface area contributed by atoms with Crippen LogP contribution < -0.4 is 15.8 Å². The number of hydrogen-bond donors (Lipinski definition) is 3. The lowest BCUT2D eigenvalue weighted by Crippen LogP contribution is -2.24. The van der Waals surface area contributed by atoms with Crippen LogP contribution in [-0.2, 0) is 6.54 Å². The van der Waals surface area contributed by atoms with Gasteiger partial charge in [-0.3, -0.25) is 4.79 Å². The van der Waals surface area contributed by atoms with E-state index in [1.165, 1.54) is 18.5 Å². The van der Waals surface area contributed by atoms with Crippen molar-refractivity contribution in [2.24, 2.45) is 0 Å². The molecule has 0 saturated carbocycles. The number of rotatable bonds is 5. The van der Waals surface area contributed by atoms with Crippen LogP contribution in [0, 0.1) is 23.0 Å². The number of aromatic amines is 1. The maximum absolute atomic E-state index is 14.9. The zero-order valence-corrected chi connectivity index (χ0v) is 15.9. The molecule has 7 nitrogen and oxygen atoms in total. The van der Waals surface area contributed by atoms with Crippen molar-refractivity contribution in [2.45, 2.75) is 6.54 Å². The molecule has 0 radical (unpaired) electrons. The number of hydrogen-bond acceptors (Lipinski definition) is 5. The summed E-state index contributed by atoms with van der Waals surface area (Å²) >= 11 is 11.8. The van der Waals surface area contributed by atoms with Crippen molar-refractivity contribution in [2.75, 3.05) is 5.73 Å². The van der Waals surface area contributed by atoms with E-state index in [1.54, 1.807) is 6.07 Å². The lowest BCUT2D eigenvalue weighted by molar-refractivity contribution is 0.0946. The van der Waals surface area contributed by atoms with Crippen LogP contribution in [0.25, 0.3) is 0 Å². The van der Waals surface area contributed by atoms with Gasteiger partial charge in [-0.2, -0.15) is 5.26 Å². The van der Waals surface area contributed by atoms with Gasteiger partial charge in [-0.15, -0.1) is 0 Å². The van der Waals surface area contributed by atoms with E-state index in [0.29, 0.717) is 0 Å². The molecule has 0 fully saturated rings. The second kappa shape index (κ2) is 8.34. The molecule has 1 amide bonds. The van der Waals surface area contributed by atoms with Gasteiger partial charge in [0.1, 0.15) is 17.0 Å². The largest absolute Gasteiger partial charge is 0.450 e. The number of H-pyrrole nitrogens is 1. The molecule has 0 aliphatic rings. The van der Waals surface area contributed by atoms with Crippen LogP contribution in [0.2, 0.25) is 10.2 Å². The summed E-state index contributed by atoms with van der Waals surface area (Å²) in [6.45, 7) is -0.219. The van der Waals surface area contributed by atoms with Crippen LogP contribution in [0.3, 0.4) is 0 Å². The number of benzene rings is 2. The first-order valence-electron chi connectivity index (χ1n) is 7.92. The van der Waals surface area contributed by atoms with Crippen molar-refractivity contribution < 1.29 is 18.3 Å². The quantitative estimate of drug-likeness (QED) is 0.517. The molecule has 0 spiro atoms. The third-order valence-electron chi connectivity index (χ3n) is 3.81. The molecule has 29 heavy (non-hydrogen) atoms. The number of imidazole rings is 1. The van der Waals surface area contributed by atoms with Gasteiger partial charge >= 0.3 is 0 Å². The van der Waals surface area contributed by atoms with Crippen molar-refractivity contribution in [3.63, 3.8) is 0 Å². The maximum Gasteiger partial charge on any atom is 0.273 e. The van der Waals surface area contributed by atoms with Gasteiger partial charge in [-0.1, -0.05) is 29.3 Å². The Morgan fingerprint density at radius 2 is 2.10 bits per heavy atom. The standard InChI is InChI=1S/C18H11Cl2F2N5O2/c19-10-2-1-8(6-25-18(28)15-17(20)27-7-26-15)14(22)16(10)29-13-3-9(5-23)11(21)4-12(13)24/h1-4,7H,6,24H2,(H,25,28)(H,26,27). The van der Waals surface area contributed by atoms with Crippen LogP contribution in [-0.4, -0.2) is 15.9 Å². The number of nitriles is 1. The normalized spacial score (nSPS) is 10.4. The van der Waals surface area contributed by atoms with Gasteiger partial charge < -0.3 is 20.8 Å². The van der Waals surface area contributed by atoms with E-state index >= 15 is 0 Å². The summed E-state index contributed by atoms with van der Waals surface area (Å²) in [5.41, 5.74) is 5.21. The van der Waals surface area contributed by atoms with Gasteiger partial charge in [0, 0.05) is 24.2 Å². The molecular weight excluding hydrogens is 427 g/mol. The van der Waals surface area contributed by atoms with Crippen LogP contribution in [0.4, 0.5) is 14.5 Å². The molecule has 1 heterocycles. The summed E-state index contributed by atoms with van der Waals surface area (Å²) in [6, 6.07) is 6.27. The van der Waals surface area contributed by atoms with E-state index in [-0.39, 0.29) is 45.0 Å². The number of nitrogens with zero attached hydrogens (tertiary/aromatic N) is 2. The summed E-state index contributed by atoms with van der Waals surface area (Å²) in [7, 11) is 0. The minimum absolute atomic E-state index is 0.0411. The van der Waals surface area contributed by atoms with Crippen LogP contribution >= 0.6 is 23.2 Å². The van der Waals surface area contributed by atoms with Crippen molar-refractivity contribution >= 4 is 34.8 Å². The molecule has 0 unspecified atom stereocenters. The first kappa shape index (κ1) is 20.4. The van der Waals surface area contributed by atoms with Crippen LogP contribution in [0.5, 0.6) is 11.5 Å². The monoisotopic (exact) mass is 437 g/mol. The predicted octanol–water partition coefficient (Wildman–Crippen LogP) is 4.17. The lowest BCUT2D eigenvalue weighted by Gasteiger charge is -2.14. The molecule has 0 aliphatic heterocycles. The Labute approximate surface area is 173 Å². The molecule has 2 aromatic carbocycles. The second-order valence-electron chi connectivity index (χ2n) is 5.68. The number of carbonyl (C=O) groups is 1. The average molecular weight is 438 g/mol. The molecule has 3 aromatic rings. The van der Waals surface area contributed by atoms with Gasteiger partial charge in [0.2, 0.25) is 0 Å². The highest BCUT2D eigenvalue weighted by Crippen LogP contribution is 2.37.